The van der Waals surface area contributed by atoms with E-state index < -0.39 is 21.8 Å². The molecular weight excluding hydrogens is 304 g/mol. The van der Waals surface area contributed by atoms with Crippen LogP contribution in [-0.2, 0) is 19.4 Å². The monoisotopic (exact) mass is 326 g/mol. The van der Waals surface area contributed by atoms with Crippen molar-refractivity contribution in [3.63, 3.8) is 0 Å². The molecule has 2 saturated heterocycles. The molecular formula is C12H23ClN2O4S. The van der Waals surface area contributed by atoms with Gasteiger partial charge in [0.05, 0.1) is 18.6 Å². The van der Waals surface area contributed by atoms with Crippen LogP contribution in [0.1, 0.15) is 12.8 Å². The summed E-state index contributed by atoms with van der Waals surface area (Å²) in [5, 5.41) is 3.34. The van der Waals surface area contributed by atoms with Crippen molar-refractivity contribution in [3.05, 3.63) is 0 Å². The van der Waals surface area contributed by atoms with Crippen LogP contribution in [0.25, 0.3) is 0 Å². The first kappa shape index (κ1) is 17.7. The van der Waals surface area contributed by atoms with E-state index in [0.29, 0.717) is 12.5 Å². The lowest BCUT2D eigenvalue weighted by molar-refractivity contribution is -0.146. The third-order valence-corrected chi connectivity index (χ3v) is 5.54. The van der Waals surface area contributed by atoms with Crippen molar-refractivity contribution in [2.45, 2.75) is 18.9 Å². The largest absolute Gasteiger partial charge is 0.468 e. The standard InChI is InChI=1S/C12H22N2O4S.ClH/c1-18-12(15)11-9-19(16,17)6-5-14(11)8-10-3-2-4-13-7-10;/h10-11,13H,2-9H2,1H3;1H/t10?,11-;/m0./s1. The fraction of sp³-hybridized carbons (Fsp3) is 0.917. The van der Waals surface area contributed by atoms with Crippen LogP contribution >= 0.6 is 12.4 Å². The second kappa shape index (κ2) is 7.59. The average molecular weight is 327 g/mol. The predicted molar refractivity (Wildman–Crippen MR) is 78.9 cm³/mol. The fourth-order valence-corrected chi connectivity index (χ4v) is 4.33. The van der Waals surface area contributed by atoms with Crippen LogP contribution in [0.3, 0.4) is 0 Å². The van der Waals surface area contributed by atoms with Gasteiger partial charge >= 0.3 is 5.97 Å². The van der Waals surface area contributed by atoms with Gasteiger partial charge in [-0.2, -0.15) is 0 Å². The van der Waals surface area contributed by atoms with Crippen LogP contribution in [0, 0.1) is 5.92 Å². The number of piperidine rings is 1. The Kier molecular flexibility index (Phi) is 6.71. The average Bonchev–Trinajstić information content (AvgIpc) is 2.41. The summed E-state index contributed by atoms with van der Waals surface area (Å²) in [6, 6.07) is -0.634. The number of esters is 1. The SMILES string of the molecule is COC(=O)[C@@H]1CS(=O)(=O)CCN1CC1CCCNC1.Cl. The lowest BCUT2D eigenvalue weighted by Crippen LogP contribution is -2.55. The Labute approximate surface area is 126 Å². The Morgan fingerprint density at radius 1 is 1.45 bits per heavy atom. The van der Waals surface area contributed by atoms with E-state index in [0.717, 1.165) is 32.5 Å². The minimum atomic E-state index is -3.12. The zero-order valence-corrected chi connectivity index (χ0v) is 13.3. The van der Waals surface area contributed by atoms with Crippen LogP contribution in [0.4, 0.5) is 0 Å². The first-order chi connectivity index (χ1) is 9.02. The number of sulfone groups is 1. The third-order valence-electron chi connectivity index (χ3n) is 3.91. The minimum Gasteiger partial charge on any atom is -0.468 e. The molecule has 6 nitrogen and oxygen atoms in total. The van der Waals surface area contributed by atoms with E-state index in [9.17, 15) is 13.2 Å². The summed E-state index contributed by atoms with van der Waals surface area (Å²) in [6.07, 6.45) is 2.27. The number of carbonyl (C=O) groups excluding carboxylic acids is 1. The number of carbonyl (C=O) groups is 1. The second-order valence-corrected chi connectivity index (χ2v) is 7.59. The van der Waals surface area contributed by atoms with Gasteiger partial charge in [0.25, 0.3) is 0 Å². The molecule has 0 radical (unpaired) electrons. The van der Waals surface area contributed by atoms with Gasteiger partial charge in [0, 0.05) is 13.1 Å². The highest BCUT2D eigenvalue weighted by molar-refractivity contribution is 7.91. The number of nitrogens with one attached hydrogen (secondary N) is 1. The highest BCUT2D eigenvalue weighted by Crippen LogP contribution is 2.18. The number of rotatable bonds is 3. The normalized spacial score (nSPS) is 30.2. The maximum atomic E-state index is 11.8. The summed E-state index contributed by atoms with van der Waals surface area (Å²) in [5.74, 6) is 0.0780. The summed E-state index contributed by atoms with van der Waals surface area (Å²) < 4.78 is 28.1. The van der Waals surface area contributed by atoms with Gasteiger partial charge in [0.2, 0.25) is 0 Å². The zero-order chi connectivity index (χ0) is 13.9. The van der Waals surface area contributed by atoms with Crippen molar-refractivity contribution in [2.24, 2.45) is 5.92 Å². The molecule has 1 N–H and O–H groups in total. The number of hydrogen-bond donors (Lipinski definition) is 1. The quantitative estimate of drug-likeness (QED) is 0.716. The van der Waals surface area contributed by atoms with Gasteiger partial charge in [0.15, 0.2) is 9.84 Å². The van der Waals surface area contributed by atoms with Crippen LogP contribution in [0.2, 0.25) is 0 Å². The van der Waals surface area contributed by atoms with Crippen molar-refractivity contribution >= 4 is 28.2 Å². The molecule has 20 heavy (non-hydrogen) atoms. The van der Waals surface area contributed by atoms with Crippen LogP contribution in [-0.4, -0.2) is 70.1 Å². The molecule has 0 aliphatic carbocycles. The van der Waals surface area contributed by atoms with Gasteiger partial charge in [-0.3, -0.25) is 9.69 Å². The molecule has 0 spiro atoms. The number of halogens is 1. The second-order valence-electron chi connectivity index (χ2n) is 5.36. The molecule has 2 aliphatic heterocycles. The lowest BCUT2D eigenvalue weighted by Gasteiger charge is -2.36. The number of nitrogens with zero attached hydrogens (tertiary/aromatic N) is 1. The van der Waals surface area contributed by atoms with Gasteiger partial charge in [-0.15, -0.1) is 12.4 Å². The Hall–Kier alpha value is -0.370. The summed E-state index contributed by atoms with van der Waals surface area (Å²) in [5.41, 5.74) is 0. The molecule has 0 amide bonds. The maximum absolute atomic E-state index is 11.8. The summed E-state index contributed by atoms with van der Waals surface area (Å²) in [4.78, 5) is 13.7. The molecule has 2 aliphatic rings. The minimum absolute atomic E-state index is 0. The van der Waals surface area contributed by atoms with Gasteiger partial charge in [-0.1, -0.05) is 0 Å². The molecule has 2 rings (SSSR count). The first-order valence-electron chi connectivity index (χ1n) is 6.75. The van der Waals surface area contributed by atoms with E-state index in [4.69, 9.17) is 4.74 Å². The van der Waals surface area contributed by atoms with Gasteiger partial charge in [-0.05, 0) is 31.8 Å². The Bertz CT molecular complexity index is 423. The van der Waals surface area contributed by atoms with Crippen molar-refractivity contribution in [1.82, 2.24) is 10.2 Å². The van der Waals surface area contributed by atoms with Crippen LogP contribution in [0.15, 0.2) is 0 Å². The molecule has 118 valence electrons. The molecule has 0 saturated carbocycles. The van der Waals surface area contributed by atoms with Crippen LogP contribution < -0.4 is 5.32 Å². The van der Waals surface area contributed by atoms with Crippen molar-refractivity contribution in [1.29, 1.82) is 0 Å². The number of methoxy groups -OCH3 is 1. The van der Waals surface area contributed by atoms with E-state index in [1.165, 1.54) is 7.11 Å². The molecule has 0 aromatic rings. The Morgan fingerprint density at radius 3 is 2.80 bits per heavy atom. The predicted octanol–water partition coefficient (Wildman–Crippen LogP) is -0.320. The summed E-state index contributed by atoms with van der Waals surface area (Å²) in [6.45, 7) is 3.18. The van der Waals surface area contributed by atoms with E-state index in [2.05, 4.69) is 5.32 Å². The molecule has 8 heteroatoms. The molecule has 0 aromatic carbocycles. The smallest absolute Gasteiger partial charge is 0.324 e. The van der Waals surface area contributed by atoms with E-state index in [1.807, 2.05) is 4.90 Å². The van der Waals surface area contributed by atoms with Gasteiger partial charge in [-0.25, -0.2) is 8.42 Å². The van der Waals surface area contributed by atoms with Crippen molar-refractivity contribution in [3.8, 4) is 0 Å². The molecule has 1 unspecified atom stereocenters. The van der Waals surface area contributed by atoms with E-state index in [-0.39, 0.29) is 23.9 Å². The van der Waals surface area contributed by atoms with Crippen LogP contribution in [0.5, 0.6) is 0 Å². The topological polar surface area (TPSA) is 75.7 Å². The Balaban J connectivity index is 0.00000200. The number of hydrogen-bond acceptors (Lipinski definition) is 6. The van der Waals surface area contributed by atoms with Crippen molar-refractivity contribution in [2.75, 3.05) is 44.8 Å². The maximum Gasteiger partial charge on any atom is 0.324 e. The van der Waals surface area contributed by atoms with Crippen molar-refractivity contribution < 1.29 is 17.9 Å². The number of ether oxygens (including phenoxy) is 1. The van der Waals surface area contributed by atoms with E-state index >= 15 is 0 Å². The molecule has 2 fully saturated rings. The highest BCUT2D eigenvalue weighted by atomic mass is 35.5. The third kappa shape index (κ3) is 4.58. The molecule has 0 bridgehead atoms. The fourth-order valence-electron chi connectivity index (χ4n) is 2.82. The van der Waals surface area contributed by atoms with E-state index in [1.54, 1.807) is 0 Å². The summed E-state index contributed by atoms with van der Waals surface area (Å²) in [7, 11) is -1.81. The van der Waals surface area contributed by atoms with Gasteiger partial charge in [0.1, 0.15) is 6.04 Å². The molecule has 0 aromatic heterocycles. The molecule has 2 atom stereocenters. The zero-order valence-electron chi connectivity index (χ0n) is 11.7. The summed E-state index contributed by atoms with van der Waals surface area (Å²) >= 11 is 0. The first-order valence-corrected chi connectivity index (χ1v) is 8.57. The van der Waals surface area contributed by atoms with Gasteiger partial charge < -0.3 is 10.1 Å². The highest BCUT2D eigenvalue weighted by Gasteiger charge is 2.37. The Morgan fingerprint density at radius 2 is 2.20 bits per heavy atom. The molecule has 2 heterocycles. The lowest BCUT2D eigenvalue weighted by atomic mass is 9.98.